The van der Waals surface area contributed by atoms with Gasteiger partial charge in [0.25, 0.3) is 5.91 Å². The van der Waals surface area contributed by atoms with Crippen molar-refractivity contribution in [3.63, 3.8) is 0 Å². The molecular weight excluding hydrogens is 366 g/mol. The molecule has 2 atom stereocenters. The van der Waals surface area contributed by atoms with Crippen LogP contribution in [0.5, 0.6) is 0 Å². The number of carbonyl (C=O) groups excluding carboxylic acids is 3. The van der Waals surface area contributed by atoms with Gasteiger partial charge in [0.1, 0.15) is 0 Å². The van der Waals surface area contributed by atoms with Crippen molar-refractivity contribution in [3.8, 4) is 0 Å². The molecule has 2 saturated heterocycles. The van der Waals surface area contributed by atoms with Gasteiger partial charge in [-0.15, -0.1) is 0 Å². The van der Waals surface area contributed by atoms with E-state index in [-0.39, 0.29) is 29.7 Å². The van der Waals surface area contributed by atoms with Crippen LogP contribution in [0.4, 0.5) is 5.69 Å². The quantitative estimate of drug-likeness (QED) is 0.829. The van der Waals surface area contributed by atoms with Crippen molar-refractivity contribution in [3.05, 3.63) is 29.3 Å². The van der Waals surface area contributed by atoms with Gasteiger partial charge < -0.3 is 15.1 Å². The van der Waals surface area contributed by atoms with E-state index >= 15 is 0 Å². The second kappa shape index (κ2) is 8.17. The standard InChI is InChI=1S/C23H31N3O3/c1-15-11-18(23(29)26-10-4-3-5-16(26)2)8-9-20(15)24-22(28)19-12-21(27)25(14-19)13-17-6-7-17/h8-9,11,16-17,19H,3-7,10,12-14H2,1-2H3,(H,24,28). The Bertz CT molecular complexity index is 818. The van der Waals surface area contributed by atoms with Gasteiger partial charge in [0.2, 0.25) is 11.8 Å². The number of benzene rings is 1. The highest BCUT2D eigenvalue weighted by Crippen LogP contribution is 2.32. The van der Waals surface area contributed by atoms with Crippen LogP contribution in [0.15, 0.2) is 18.2 Å². The number of amides is 3. The lowest BCUT2D eigenvalue weighted by Crippen LogP contribution is -2.42. The average Bonchev–Trinajstić information content (AvgIpc) is 3.44. The Morgan fingerprint density at radius 3 is 2.66 bits per heavy atom. The van der Waals surface area contributed by atoms with Crippen molar-refractivity contribution in [1.29, 1.82) is 0 Å². The molecule has 1 aliphatic carbocycles. The maximum Gasteiger partial charge on any atom is 0.254 e. The van der Waals surface area contributed by atoms with Crippen molar-refractivity contribution < 1.29 is 14.4 Å². The van der Waals surface area contributed by atoms with E-state index in [2.05, 4.69) is 12.2 Å². The lowest BCUT2D eigenvalue weighted by Gasteiger charge is -2.33. The highest BCUT2D eigenvalue weighted by molar-refractivity contribution is 5.99. The Morgan fingerprint density at radius 2 is 1.97 bits per heavy atom. The van der Waals surface area contributed by atoms with Crippen molar-refractivity contribution in [2.75, 3.05) is 25.0 Å². The first kappa shape index (κ1) is 19.9. The van der Waals surface area contributed by atoms with Crippen molar-refractivity contribution in [1.82, 2.24) is 9.80 Å². The number of aryl methyl sites for hydroxylation is 1. The molecule has 1 aromatic rings. The molecule has 0 bridgehead atoms. The van der Waals surface area contributed by atoms with Crippen LogP contribution in [0.2, 0.25) is 0 Å². The molecule has 2 heterocycles. The summed E-state index contributed by atoms with van der Waals surface area (Å²) in [5, 5.41) is 2.97. The number of nitrogens with zero attached hydrogens (tertiary/aromatic N) is 2. The third-order valence-electron chi connectivity index (χ3n) is 6.56. The normalized spacial score (nSPS) is 24.7. The van der Waals surface area contributed by atoms with Crippen LogP contribution in [0.1, 0.15) is 61.4 Å². The average molecular weight is 398 g/mol. The second-order valence-electron chi connectivity index (χ2n) is 9.01. The Labute approximate surface area is 172 Å². The van der Waals surface area contributed by atoms with E-state index in [1.807, 2.05) is 28.9 Å². The van der Waals surface area contributed by atoms with E-state index < -0.39 is 0 Å². The molecule has 3 aliphatic rings. The lowest BCUT2D eigenvalue weighted by atomic mass is 10.0. The molecule has 2 aliphatic heterocycles. The van der Waals surface area contributed by atoms with Crippen LogP contribution >= 0.6 is 0 Å². The van der Waals surface area contributed by atoms with Gasteiger partial charge in [-0.05, 0) is 75.6 Å². The molecule has 6 nitrogen and oxygen atoms in total. The van der Waals surface area contributed by atoms with Crippen LogP contribution in [-0.2, 0) is 9.59 Å². The minimum atomic E-state index is -0.295. The van der Waals surface area contributed by atoms with Gasteiger partial charge in [-0.3, -0.25) is 14.4 Å². The minimum absolute atomic E-state index is 0.0651. The maximum atomic E-state index is 12.9. The fourth-order valence-electron chi connectivity index (χ4n) is 4.47. The molecule has 2 unspecified atom stereocenters. The van der Waals surface area contributed by atoms with Gasteiger partial charge in [0, 0.05) is 43.3 Å². The molecule has 4 rings (SSSR count). The van der Waals surface area contributed by atoms with Crippen LogP contribution in [0, 0.1) is 18.8 Å². The van der Waals surface area contributed by atoms with Gasteiger partial charge in [-0.25, -0.2) is 0 Å². The predicted molar refractivity (Wildman–Crippen MR) is 112 cm³/mol. The number of nitrogens with one attached hydrogen (secondary N) is 1. The number of rotatable bonds is 5. The van der Waals surface area contributed by atoms with Gasteiger partial charge in [0.15, 0.2) is 0 Å². The summed E-state index contributed by atoms with van der Waals surface area (Å²) < 4.78 is 0. The summed E-state index contributed by atoms with van der Waals surface area (Å²) in [7, 11) is 0. The molecule has 0 radical (unpaired) electrons. The number of likely N-dealkylation sites (tertiary alicyclic amines) is 2. The SMILES string of the molecule is Cc1cc(C(=O)N2CCCCC2C)ccc1NC(=O)C1CC(=O)N(CC2CC2)C1. The zero-order chi connectivity index (χ0) is 20.5. The number of carbonyl (C=O) groups is 3. The Kier molecular flexibility index (Phi) is 5.61. The van der Waals surface area contributed by atoms with Crippen LogP contribution in [-0.4, -0.2) is 53.2 Å². The molecule has 1 N–H and O–H groups in total. The molecule has 0 aromatic heterocycles. The third-order valence-corrected chi connectivity index (χ3v) is 6.56. The van der Waals surface area contributed by atoms with Crippen molar-refractivity contribution in [2.45, 2.75) is 58.4 Å². The van der Waals surface area contributed by atoms with Crippen molar-refractivity contribution >= 4 is 23.4 Å². The van der Waals surface area contributed by atoms with E-state index in [4.69, 9.17) is 0 Å². The third kappa shape index (κ3) is 4.46. The van der Waals surface area contributed by atoms with Crippen LogP contribution in [0.3, 0.4) is 0 Å². The van der Waals surface area contributed by atoms with Gasteiger partial charge in [-0.2, -0.15) is 0 Å². The molecule has 1 aromatic carbocycles. The lowest BCUT2D eigenvalue weighted by molar-refractivity contribution is -0.128. The zero-order valence-electron chi connectivity index (χ0n) is 17.4. The number of hydrogen-bond acceptors (Lipinski definition) is 3. The van der Waals surface area contributed by atoms with E-state index in [0.29, 0.717) is 30.1 Å². The van der Waals surface area contributed by atoms with Crippen LogP contribution < -0.4 is 5.32 Å². The maximum absolute atomic E-state index is 12.9. The molecule has 0 spiro atoms. The highest BCUT2D eigenvalue weighted by atomic mass is 16.2. The summed E-state index contributed by atoms with van der Waals surface area (Å²) in [5.41, 5.74) is 2.25. The monoisotopic (exact) mass is 397 g/mol. The van der Waals surface area contributed by atoms with Gasteiger partial charge in [0.05, 0.1) is 5.92 Å². The molecule has 29 heavy (non-hydrogen) atoms. The summed E-state index contributed by atoms with van der Waals surface area (Å²) in [4.78, 5) is 41.5. The first-order chi connectivity index (χ1) is 13.9. The summed E-state index contributed by atoms with van der Waals surface area (Å²) in [6, 6.07) is 5.74. The van der Waals surface area contributed by atoms with Crippen molar-refractivity contribution in [2.24, 2.45) is 11.8 Å². The predicted octanol–water partition coefficient (Wildman–Crippen LogP) is 3.21. The zero-order valence-corrected chi connectivity index (χ0v) is 17.4. The van der Waals surface area contributed by atoms with E-state index in [1.54, 1.807) is 6.07 Å². The van der Waals surface area contributed by atoms with Crippen LogP contribution in [0.25, 0.3) is 0 Å². The smallest absolute Gasteiger partial charge is 0.254 e. The Hall–Kier alpha value is -2.37. The largest absolute Gasteiger partial charge is 0.342 e. The molecule has 3 amide bonds. The first-order valence-corrected chi connectivity index (χ1v) is 10.9. The highest BCUT2D eigenvalue weighted by Gasteiger charge is 2.37. The summed E-state index contributed by atoms with van der Waals surface area (Å²) >= 11 is 0. The van der Waals surface area contributed by atoms with E-state index in [9.17, 15) is 14.4 Å². The number of hydrogen-bond donors (Lipinski definition) is 1. The fourth-order valence-corrected chi connectivity index (χ4v) is 4.47. The Balaban J connectivity index is 1.38. The summed E-state index contributed by atoms with van der Waals surface area (Å²) in [6.45, 7) is 6.14. The molecule has 6 heteroatoms. The first-order valence-electron chi connectivity index (χ1n) is 10.9. The second-order valence-corrected chi connectivity index (χ2v) is 9.01. The van der Waals surface area contributed by atoms with E-state index in [1.165, 1.54) is 19.3 Å². The number of piperidine rings is 1. The molecule has 156 valence electrons. The Morgan fingerprint density at radius 1 is 1.17 bits per heavy atom. The van der Waals surface area contributed by atoms with E-state index in [0.717, 1.165) is 31.5 Å². The molecular formula is C23H31N3O3. The topological polar surface area (TPSA) is 69.7 Å². The molecule has 1 saturated carbocycles. The minimum Gasteiger partial charge on any atom is -0.342 e. The fraction of sp³-hybridized carbons (Fsp3) is 0.609. The number of anilines is 1. The molecule has 3 fully saturated rings. The van der Waals surface area contributed by atoms with Gasteiger partial charge in [-0.1, -0.05) is 0 Å². The van der Waals surface area contributed by atoms with Gasteiger partial charge >= 0.3 is 0 Å². The summed E-state index contributed by atoms with van der Waals surface area (Å²) in [6.07, 6.45) is 5.97. The summed E-state index contributed by atoms with van der Waals surface area (Å²) in [5.74, 6) is 0.385.